The van der Waals surface area contributed by atoms with Gasteiger partial charge < -0.3 is 10.1 Å². The van der Waals surface area contributed by atoms with E-state index in [0.717, 1.165) is 29.6 Å². The Labute approximate surface area is 173 Å². The van der Waals surface area contributed by atoms with Gasteiger partial charge in [-0.25, -0.2) is 4.68 Å². The van der Waals surface area contributed by atoms with Gasteiger partial charge in [0, 0.05) is 18.4 Å². The normalized spacial score (nSPS) is 19.1. The molecule has 1 aromatic heterocycles. The van der Waals surface area contributed by atoms with Crippen molar-refractivity contribution in [2.45, 2.75) is 45.4 Å². The number of hydrogen-bond donors (Lipinski definition) is 1. The summed E-state index contributed by atoms with van der Waals surface area (Å²) in [5, 5.41) is 8.16. The topological polar surface area (TPSA) is 39.1 Å². The highest BCUT2D eigenvalue weighted by Crippen LogP contribution is 2.37. The summed E-state index contributed by atoms with van der Waals surface area (Å²) in [6, 6.07) is 17.2. The Balaban J connectivity index is 1.31. The summed E-state index contributed by atoms with van der Waals surface area (Å²) in [5.74, 6) is 2.41. The highest BCUT2D eigenvalue weighted by Gasteiger charge is 2.22. The van der Waals surface area contributed by atoms with E-state index in [1.165, 1.54) is 42.5 Å². The van der Waals surface area contributed by atoms with Crippen LogP contribution in [0.3, 0.4) is 0 Å². The van der Waals surface area contributed by atoms with E-state index in [1.807, 2.05) is 23.9 Å². The molecule has 4 heteroatoms. The van der Waals surface area contributed by atoms with Crippen LogP contribution in [0.15, 0.2) is 54.7 Å². The summed E-state index contributed by atoms with van der Waals surface area (Å²) in [6.07, 6.45) is 7.10. The molecule has 1 aliphatic rings. The number of rotatable bonds is 6. The molecule has 29 heavy (non-hydrogen) atoms. The largest absolute Gasteiger partial charge is 0.496 e. The van der Waals surface area contributed by atoms with Crippen molar-refractivity contribution in [3.63, 3.8) is 0 Å². The quantitative estimate of drug-likeness (QED) is 0.572. The van der Waals surface area contributed by atoms with Gasteiger partial charge in [-0.15, -0.1) is 0 Å². The number of nitrogens with one attached hydrogen (secondary N) is 1. The molecule has 152 valence electrons. The molecule has 0 aliphatic heterocycles. The molecular weight excluding hydrogens is 358 g/mol. The minimum absolute atomic E-state index is 0.683. The Morgan fingerprint density at radius 1 is 1.03 bits per heavy atom. The maximum Gasteiger partial charge on any atom is 0.121 e. The van der Waals surface area contributed by atoms with E-state index in [0.29, 0.717) is 5.92 Å². The van der Waals surface area contributed by atoms with Crippen molar-refractivity contribution in [3.05, 3.63) is 71.5 Å². The molecule has 0 radical (unpaired) electrons. The summed E-state index contributed by atoms with van der Waals surface area (Å²) >= 11 is 0. The van der Waals surface area contributed by atoms with Gasteiger partial charge in [0.25, 0.3) is 0 Å². The molecule has 1 saturated carbocycles. The van der Waals surface area contributed by atoms with Crippen molar-refractivity contribution in [3.8, 4) is 11.4 Å². The Hall–Kier alpha value is -2.75. The average molecular weight is 390 g/mol. The lowest BCUT2D eigenvalue weighted by Crippen LogP contribution is -2.20. The van der Waals surface area contributed by atoms with Crippen molar-refractivity contribution in [2.75, 3.05) is 19.0 Å². The van der Waals surface area contributed by atoms with Crippen LogP contribution in [0.2, 0.25) is 0 Å². The molecule has 0 spiro atoms. The fraction of sp³-hybridized carbons (Fsp3) is 0.400. The van der Waals surface area contributed by atoms with Gasteiger partial charge in [0.2, 0.25) is 0 Å². The zero-order chi connectivity index (χ0) is 20.2. The van der Waals surface area contributed by atoms with E-state index in [9.17, 15) is 0 Å². The first kappa shape index (κ1) is 19.6. The number of anilines is 1. The second-order valence-corrected chi connectivity index (χ2v) is 8.28. The third-order valence-electron chi connectivity index (χ3n) is 6.17. The second-order valence-electron chi connectivity index (χ2n) is 8.28. The summed E-state index contributed by atoms with van der Waals surface area (Å²) < 4.78 is 7.34. The third-order valence-corrected chi connectivity index (χ3v) is 6.17. The van der Waals surface area contributed by atoms with Gasteiger partial charge in [0.05, 0.1) is 18.5 Å². The summed E-state index contributed by atoms with van der Waals surface area (Å²) in [4.78, 5) is 0. The molecule has 1 aliphatic carbocycles. The molecule has 1 heterocycles. The van der Waals surface area contributed by atoms with Crippen molar-refractivity contribution in [1.29, 1.82) is 0 Å². The maximum absolute atomic E-state index is 5.40. The van der Waals surface area contributed by atoms with E-state index in [1.54, 1.807) is 7.11 Å². The molecule has 0 unspecified atom stereocenters. The number of aryl methyl sites for hydroxylation is 2. The van der Waals surface area contributed by atoms with E-state index in [2.05, 4.69) is 59.8 Å². The molecule has 4 nitrogen and oxygen atoms in total. The number of nitrogens with zero attached hydrogens (tertiary/aromatic N) is 2. The standard InChI is InChI=1S/C25H31N3O/c1-18-15-22(11-12-25(18)29-3)21-9-7-20(8-10-21)17-26-23-5-4-6-24(16-23)28-14-13-19(2)27-28/h4-6,11-16,20-21,26H,7-10,17H2,1-3H3/t20-,21-. The number of aromatic nitrogens is 2. The van der Waals surface area contributed by atoms with Gasteiger partial charge in [-0.05, 0) is 92.8 Å². The molecule has 1 N–H and O–H groups in total. The van der Waals surface area contributed by atoms with Crippen LogP contribution in [-0.4, -0.2) is 23.4 Å². The highest BCUT2D eigenvalue weighted by molar-refractivity contribution is 5.51. The van der Waals surface area contributed by atoms with Gasteiger partial charge in [-0.2, -0.15) is 5.10 Å². The Morgan fingerprint density at radius 3 is 2.55 bits per heavy atom. The van der Waals surface area contributed by atoms with Gasteiger partial charge in [-0.1, -0.05) is 18.2 Å². The van der Waals surface area contributed by atoms with Crippen LogP contribution in [-0.2, 0) is 0 Å². The first-order chi connectivity index (χ1) is 14.1. The molecule has 4 rings (SSSR count). The molecule has 0 bridgehead atoms. The predicted octanol–water partition coefficient (Wildman–Crippen LogP) is 5.88. The molecule has 0 atom stereocenters. The molecule has 3 aromatic rings. The van der Waals surface area contributed by atoms with Crippen LogP contribution in [0.25, 0.3) is 5.69 Å². The van der Waals surface area contributed by atoms with Gasteiger partial charge >= 0.3 is 0 Å². The lowest BCUT2D eigenvalue weighted by atomic mass is 9.78. The van der Waals surface area contributed by atoms with Crippen molar-refractivity contribution in [1.82, 2.24) is 9.78 Å². The molecule has 1 fully saturated rings. The van der Waals surface area contributed by atoms with E-state index >= 15 is 0 Å². The molecule has 0 saturated heterocycles. The lowest BCUT2D eigenvalue weighted by molar-refractivity contribution is 0.338. The summed E-state index contributed by atoms with van der Waals surface area (Å²) in [6.45, 7) is 5.19. The third kappa shape index (κ3) is 4.64. The SMILES string of the molecule is COc1ccc([C@H]2CC[C@H](CNc3cccc(-n4ccc(C)n4)c3)CC2)cc1C. The number of hydrogen-bond acceptors (Lipinski definition) is 3. The van der Waals surface area contributed by atoms with Crippen LogP contribution in [0.5, 0.6) is 5.75 Å². The highest BCUT2D eigenvalue weighted by atomic mass is 16.5. The van der Waals surface area contributed by atoms with Crippen LogP contribution in [0.4, 0.5) is 5.69 Å². The van der Waals surface area contributed by atoms with Gasteiger partial charge in [0.15, 0.2) is 0 Å². The zero-order valence-corrected chi connectivity index (χ0v) is 17.7. The van der Waals surface area contributed by atoms with Crippen LogP contribution in [0.1, 0.15) is 48.4 Å². The van der Waals surface area contributed by atoms with E-state index < -0.39 is 0 Å². The number of methoxy groups -OCH3 is 1. The van der Waals surface area contributed by atoms with Crippen molar-refractivity contribution >= 4 is 5.69 Å². The monoisotopic (exact) mass is 389 g/mol. The summed E-state index contributed by atoms with van der Waals surface area (Å²) in [5.41, 5.74) is 6.01. The minimum atomic E-state index is 0.683. The summed E-state index contributed by atoms with van der Waals surface area (Å²) in [7, 11) is 1.74. The first-order valence-electron chi connectivity index (χ1n) is 10.6. The first-order valence-corrected chi connectivity index (χ1v) is 10.6. The fourth-order valence-electron chi connectivity index (χ4n) is 4.43. The number of ether oxygens (including phenoxy) is 1. The Bertz CT molecular complexity index is 954. The maximum atomic E-state index is 5.40. The zero-order valence-electron chi connectivity index (χ0n) is 17.7. The second kappa shape index (κ2) is 8.73. The van der Waals surface area contributed by atoms with E-state index in [-0.39, 0.29) is 0 Å². The van der Waals surface area contributed by atoms with Gasteiger partial charge in [0.1, 0.15) is 5.75 Å². The number of benzene rings is 2. The van der Waals surface area contributed by atoms with Crippen molar-refractivity contribution < 1.29 is 4.74 Å². The van der Waals surface area contributed by atoms with Crippen molar-refractivity contribution in [2.24, 2.45) is 5.92 Å². The van der Waals surface area contributed by atoms with Crippen LogP contribution >= 0.6 is 0 Å². The fourth-order valence-corrected chi connectivity index (χ4v) is 4.43. The molecule has 2 aromatic carbocycles. The molecular formula is C25H31N3O. The predicted molar refractivity (Wildman–Crippen MR) is 119 cm³/mol. The van der Waals surface area contributed by atoms with E-state index in [4.69, 9.17) is 4.74 Å². The lowest BCUT2D eigenvalue weighted by Gasteiger charge is -2.29. The smallest absolute Gasteiger partial charge is 0.121 e. The average Bonchev–Trinajstić information content (AvgIpc) is 3.19. The Morgan fingerprint density at radius 2 is 1.86 bits per heavy atom. The van der Waals surface area contributed by atoms with Crippen LogP contribution < -0.4 is 10.1 Å². The Kier molecular flexibility index (Phi) is 5.89. The van der Waals surface area contributed by atoms with Gasteiger partial charge in [-0.3, -0.25) is 0 Å². The van der Waals surface area contributed by atoms with Crippen LogP contribution in [0, 0.1) is 19.8 Å². The molecule has 0 amide bonds. The minimum Gasteiger partial charge on any atom is -0.496 e.